The predicted molar refractivity (Wildman–Crippen MR) is 117 cm³/mol. The fourth-order valence-electron chi connectivity index (χ4n) is 3.36. The number of benzene rings is 1. The van der Waals surface area contributed by atoms with Gasteiger partial charge in [-0.25, -0.2) is 14.6 Å². The molecule has 9 nitrogen and oxygen atoms in total. The first-order valence-electron chi connectivity index (χ1n) is 10.5. The lowest BCUT2D eigenvalue weighted by atomic mass is 10.1. The first-order valence-corrected chi connectivity index (χ1v) is 10.5. The van der Waals surface area contributed by atoms with Crippen LogP contribution in [0.5, 0.6) is 0 Å². The number of ether oxygens (including phenoxy) is 1. The van der Waals surface area contributed by atoms with Crippen molar-refractivity contribution in [1.82, 2.24) is 10.1 Å². The average Bonchev–Trinajstić information content (AvgIpc) is 3.56. The molecule has 4 rings (SSSR count). The van der Waals surface area contributed by atoms with E-state index in [0.29, 0.717) is 23.7 Å². The lowest BCUT2D eigenvalue weighted by Crippen LogP contribution is -2.30. The minimum atomic E-state index is -1.01. The molecule has 0 bridgehead atoms. The lowest BCUT2D eigenvalue weighted by Gasteiger charge is -2.15. The van der Waals surface area contributed by atoms with Gasteiger partial charge in [0.1, 0.15) is 23.7 Å². The van der Waals surface area contributed by atoms with Gasteiger partial charge in [-0.3, -0.25) is 5.32 Å². The third-order valence-electron chi connectivity index (χ3n) is 5.34. The molecule has 1 aliphatic carbocycles. The van der Waals surface area contributed by atoms with Crippen LogP contribution in [0.2, 0.25) is 0 Å². The van der Waals surface area contributed by atoms with Gasteiger partial charge >= 0.3 is 12.1 Å². The topological polar surface area (TPSA) is 127 Å². The number of halogens is 1. The maximum Gasteiger partial charge on any atom is 0.412 e. The molecule has 172 valence electrons. The van der Waals surface area contributed by atoms with Crippen LogP contribution in [0.25, 0.3) is 11.3 Å². The number of nitrogens with zero attached hydrogens (tertiary/aromatic N) is 2. The summed E-state index contributed by atoms with van der Waals surface area (Å²) in [7, 11) is 0. The molecule has 33 heavy (non-hydrogen) atoms. The Morgan fingerprint density at radius 2 is 2.00 bits per heavy atom. The quantitative estimate of drug-likeness (QED) is 0.419. The zero-order valence-corrected chi connectivity index (χ0v) is 17.8. The normalized spacial score (nSPS) is 14.8. The van der Waals surface area contributed by atoms with Gasteiger partial charge in [0.15, 0.2) is 5.76 Å². The van der Waals surface area contributed by atoms with E-state index in [4.69, 9.17) is 9.26 Å². The molecule has 1 fully saturated rings. The third-order valence-corrected chi connectivity index (χ3v) is 5.34. The summed E-state index contributed by atoms with van der Waals surface area (Å²) in [6.07, 6.45) is 2.56. The predicted octanol–water partition coefficient (Wildman–Crippen LogP) is 4.85. The molecular weight excluding hydrogens is 431 g/mol. The summed E-state index contributed by atoms with van der Waals surface area (Å²) in [6, 6.07) is 11.5. The summed E-state index contributed by atoms with van der Waals surface area (Å²) in [4.78, 5) is 28.0. The van der Waals surface area contributed by atoms with Crippen LogP contribution in [-0.4, -0.2) is 33.4 Å². The van der Waals surface area contributed by atoms with Gasteiger partial charge < -0.3 is 19.7 Å². The van der Waals surface area contributed by atoms with Crippen molar-refractivity contribution in [1.29, 1.82) is 0 Å². The van der Waals surface area contributed by atoms with E-state index in [1.54, 1.807) is 19.1 Å². The van der Waals surface area contributed by atoms with E-state index in [1.165, 1.54) is 6.20 Å². The Kier molecular flexibility index (Phi) is 6.53. The van der Waals surface area contributed by atoms with E-state index >= 15 is 0 Å². The molecule has 0 spiro atoms. The number of aliphatic carboxylic acids is 1. The van der Waals surface area contributed by atoms with Gasteiger partial charge in [0, 0.05) is 11.8 Å². The van der Waals surface area contributed by atoms with Gasteiger partial charge in [0.05, 0.1) is 0 Å². The number of carboxylic acid groups (broad SMARTS) is 1. The summed E-state index contributed by atoms with van der Waals surface area (Å²) in [6.45, 7) is 1.70. The van der Waals surface area contributed by atoms with Crippen molar-refractivity contribution in [2.24, 2.45) is 5.92 Å². The Morgan fingerprint density at radius 1 is 1.24 bits per heavy atom. The summed E-state index contributed by atoms with van der Waals surface area (Å²) in [5.41, 5.74) is 0.852. The molecule has 3 N–H and O–H groups in total. The van der Waals surface area contributed by atoms with Crippen molar-refractivity contribution < 1.29 is 28.3 Å². The Hall–Kier alpha value is -3.95. The van der Waals surface area contributed by atoms with Crippen LogP contribution in [0.15, 0.2) is 53.2 Å². The van der Waals surface area contributed by atoms with Gasteiger partial charge in [0.2, 0.25) is 0 Å². The second-order valence-corrected chi connectivity index (χ2v) is 7.91. The van der Waals surface area contributed by atoms with Crippen LogP contribution in [0.3, 0.4) is 0 Å². The number of pyridine rings is 1. The molecule has 2 aromatic heterocycles. The fraction of sp³-hybridized carbons (Fsp3) is 0.304. The van der Waals surface area contributed by atoms with Crippen LogP contribution >= 0.6 is 0 Å². The maximum absolute atomic E-state index is 14.2. The number of rotatable bonds is 9. The highest BCUT2D eigenvalue weighted by Crippen LogP contribution is 2.34. The summed E-state index contributed by atoms with van der Waals surface area (Å²) < 4.78 is 24.6. The molecule has 1 saturated carbocycles. The zero-order valence-electron chi connectivity index (χ0n) is 17.8. The van der Waals surface area contributed by atoms with Crippen LogP contribution in [0.1, 0.15) is 37.9 Å². The minimum absolute atomic E-state index is 0.0383. The second-order valence-electron chi connectivity index (χ2n) is 7.91. The SMILES string of the molecule is CC(OC(=O)Nc1c(F)noc1-c1ccc(NC(CC2CC2)C(=O)O)nc1)c1ccccc1. The number of carboxylic acids is 1. The van der Waals surface area contributed by atoms with E-state index in [2.05, 4.69) is 20.8 Å². The van der Waals surface area contributed by atoms with Crippen molar-refractivity contribution in [2.45, 2.75) is 38.3 Å². The van der Waals surface area contributed by atoms with Crippen molar-refractivity contribution in [3.05, 3.63) is 60.2 Å². The first kappa shape index (κ1) is 22.3. The van der Waals surface area contributed by atoms with Crippen molar-refractivity contribution in [2.75, 3.05) is 10.6 Å². The van der Waals surface area contributed by atoms with Gasteiger partial charge in [-0.1, -0.05) is 43.2 Å². The molecule has 2 heterocycles. The molecule has 2 atom stereocenters. The largest absolute Gasteiger partial charge is 0.480 e. The van der Waals surface area contributed by atoms with Crippen LogP contribution in [0, 0.1) is 11.9 Å². The molecular formula is C23H23FN4O5. The van der Waals surface area contributed by atoms with Gasteiger partial charge in [-0.05, 0) is 42.1 Å². The number of nitrogens with one attached hydrogen (secondary N) is 2. The van der Waals surface area contributed by atoms with Crippen molar-refractivity contribution in [3.63, 3.8) is 0 Å². The van der Waals surface area contributed by atoms with E-state index in [9.17, 15) is 19.1 Å². The number of carbonyl (C=O) groups is 2. The summed E-state index contributed by atoms with van der Waals surface area (Å²) in [5.74, 6) is -1.21. The van der Waals surface area contributed by atoms with Crippen LogP contribution < -0.4 is 10.6 Å². The standard InChI is InChI=1S/C23H23FN4O5/c1-13(15-5-3-2-4-6-15)32-23(31)27-19-20(33-28-21(19)24)16-9-10-18(25-12-16)26-17(22(29)30)11-14-7-8-14/h2-6,9-10,12-14,17H,7-8,11H2,1H3,(H,25,26)(H,27,31)(H,29,30). The number of amides is 1. The maximum atomic E-state index is 14.2. The Labute approximate surface area is 189 Å². The summed E-state index contributed by atoms with van der Waals surface area (Å²) in [5, 5.41) is 17.9. The van der Waals surface area contributed by atoms with E-state index in [0.717, 1.165) is 18.4 Å². The van der Waals surface area contributed by atoms with Crippen LogP contribution in [-0.2, 0) is 9.53 Å². The van der Waals surface area contributed by atoms with Gasteiger partial charge in [-0.2, -0.15) is 4.39 Å². The molecule has 1 aliphatic rings. The first-order chi connectivity index (χ1) is 15.9. The Bertz CT molecular complexity index is 1120. The molecule has 0 aliphatic heterocycles. The Balaban J connectivity index is 1.43. The van der Waals surface area contributed by atoms with E-state index in [1.807, 2.05) is 30.3 Å². The molecule has 10 heteroatoms. The lowest BCUT2D eigenvalue weighted by molar-refractivity contribution is -0.138. The average molecular weight is 454 g/mol. The molecule has 1 aromatic carbocycles. The van der Waals surface area contributed by atoms with Crippen molar-refractivity contribution >= 4 is 23.6 Å². The second kappa shape index (κ2) is 9.68. The molecule has 0 saturated heterocycles. The van der Waals surface area contributed by atoms with Crippen LogP contribution in [0.4, 0.5) is 20.7 Å². The third kappa shape index (κ3) is 5.65. The van der Waals surface area contributed by atoms with E-state index < -0.39 is 30.2 Å². The molecule has 3 aromatic rings. The highest BCUT2D eigenvalue weighted by molar-refractivity contribution is 5.89. The number of hydrogen-bond donors (Lipinski definition) is 3. The number of carbonyl (C=O) groups excluding carboxylic acids is 1. The van der Waals surface area contributed by atoms with E-state index in [-0.39, 0.29) is 11.4 Å². The minimum Gasteiger partial charge on any atom is -0.480 e. The zero-order chi connectivity index (χ0) is 23.4. The highest BCUT2D eigenvalue weighted by Gasteiger charge is 2.29. The number of anilines is 2. The number of hydrogen-bond acceptors (Lipinski definition) is 7. The fourth-order valence-corrected chi connectivity index (χ4v) is 3.36. The summed E-state index contributed by atoms with van der Waals surface area (Å²) >= 11 is 0. The smallest absolute Gasteiger partial charge is 0.412 e. The molecule has 2 unspecified atom stereocenters. The van der Waals surface area contributed by atoms with Gasteiger partial charge in [-0.15, -0.1) is 0 Å². The monoisotopic (exact) mass is 454 g/mol. The highest BCUT2D eigenvalue weighted by atomic mass is 19.1. The molecule has 1 amide bonds. The number of aromatic nitrogens is 2. The molecule has 0 radical (unpaired) electrons. The Morgan fingerprint density at radius 3 is 2.64 bits per heavy atom. The van der Waals surface area contributed by atoms with Gasteiger partial charge in [0.25, 0.3) is 5.95 Å². The van der Waals surface area contributed by atoms with Crippen molar-refractivity contribution in [3.8, 4) is 11.3 Å².